The van der Waals surface area contributed by atoms with Crippen LogP contribution in [-0.2, 0) is 32.3 Å². The van der Waals surface area contributed by atoms with Gasteiger partial charge in [-0.15, -0.1) is 0 Å². The molecule has 2 aromatic rings. The summed E-state index contributed by atoms with van der Waals surface area (Å²) < 4.78 is 65.6. The van der Waals surface area contributed by atoms with Crippen molar-refractivity contribution in [3.05, 3.63) is 63.6 Å². The number of hydrogen-bond donors (Lipinski definition) is 1. The van der Waals surface area contributed by atoms with Crippen LogP contribution in [0, 0.1) is 5.92 Å². The van der Waals surface area contributed by atoms with Crippen molar-refractivity contribution < 1.29 is 31.2 Å². The molecule has 0 aliphatic carbocycles. The van der Waals surface area contributed by atoms with E-state index < -0.39 is 51.9 Å². The molecule has 7 nitrogen and oxygen atoms in total. The molecular formula is C24H28Cl2F3N3O4S. The standard InChI is InChI=1S/C24H28Cl2F3N3O4S/c1-15(2)12-30-23(34)16(3)31(13-17-5-8-19(25)9-6-17)22(33)14-32(37(4,35)36)21-11-18(24(27,28)29)7-10-20(21)26/h5-11,15-16H,12-14H2,1-4H3,(H,30,34)/t16-/m1/s1. The molecule has 0 bridgehead atoms. The number of alkyl halides is 3. The van der Waals surface area contributed by atoms with Crippen molar-refractivity contribution in [1.29, 1.82) is 0 Å². The highest BCUT2D eigenvalue weighted by molar-refractivity contribution is 7.92. The van der Waals surface area contributed by atoms with Crippen molar-refractivity contribution in [2.75, 3.05) is 23.7 Å². The van der Waals surface area contributed by atoms with E-state index in [1.54, 1.807) is 24.3 Å². The molecule has 2 aromatic carbocycles. The first-order valence-electron chi connectivity index (χ1n) is 11.2. The summed E-state index contributed by atoms with van der Waals surface area (Å²) in [4.78, 5) is 27.4. The predicted molar refractivity (Wildman–Crippen MR) is 138 cm³/mol. The van der Waals surface area contributed by atoms with Crippen LogP contribution in [0.15, 0.2) is 42.5 Å². The van der Waals surface area contributed by atoms with Crippen LogP contribution in [0.4, 0.5) is 18.9 Å². The predicted octanol–water partition coefficient (Wildman–Crippen LogP) is 4.97. The third-order valence-electron chi connectivity index (χ3n) is 5.34. The number of rotatable bonds is 10. The van der Waals surface area contributed by atoms with Crippen LogP contribution in [0.2, 0.25) is 10.0 Å². The van der Waals surface area contributed by atoms with Gasteiger partial charge in [0.1, 0.15) is 12.6 Å². The molecule has 1 N–H and O–H groups in total. The van der Waals surface area contributed by atoms with Crippen molar-refractivity contribution >= 4 is 50.7 Å². The van der Waals surface area contributed by atoms with Gasteiger partial charge in [0.25, 0.3) is 0 Å². The topological polar surface area (TPSA) is 86.8 Å². The average Bonchev–Trinajstić information content (AvgIpc) is 2.79. The number of sulfonamides is 1. The van der Waals surface area contributed by atoms with Gasteiger partial charge in [-0.3, -0.25) is 13.9 Å². The molecule has 0 spiro atoms. The Kier molecular flexibility index (Phi) is 10.3. The molecular weight excluding hydrogens is 554 g/mol. The van der Waals surface area contributed by atoms with Crippen LogP contribution in [0.25, 0.3) is 0 Å². The van der Waals surface area contributed by atoms with E-state index in [4.69, 9.17) is 23.2 Å². The van der Waals surface area contributed by atoms with E-state index in [1.165, 1.54) is 6.92 Å². The Morgan fingerprint density at radius 1 is 1.03 bits per heavy atom. The van der Waals surface area contributed by atoms with Crippen molar-refractivity contribution in [2.45, 2.75) is 39.5 Å². The first kappa shape index (κ1) is 30.7. The third kappa shape index (κ3) is 8.79. The number of nitrogens with one attached hydrogen (secondary N) is 1. The Morgan fingerprint density at radius 2 is 1.62 bits per heavy atom. The lowest BCUT2D eigenvalue weighted by Crippen LogP contribution is -2.51. The third-order valence-corrected chi connectivity index (χ3v) is 7.04. The highest BCUT2D eigenvalue weighted by atomic mass is 35.5. The number of nitrogens with zero attached hydrogens (tertiary/aromatic N) is 2. The van der Waals surface area contributed by atoms with Gasteiger partial charge in [0.05, 0.1) is 22.5 Å². The summed E-state index contributed by atoms with van der Waals surface area (Å²) in [5, 5.41) is 2.89. The molecule has 0 unspecified atom stereocenters. The molecule has 1 atom stereocenters. The van der Waals surface area contributed by atoms with Crippen LogP contribution in [0.1, 0.15) is 31.9 Å². The van der Waals surface area contributed by atoms with Crippen LogP contribution in [-0.4, -0.2) is 50.5 Å². The maximum atomic E-state index is 13.5. The lowest BCUT2D eigenvalue weighted by Gasteiger charge is -2.32. The summed E-state index contributed by atoms with van der Waals surface area (Å²) in [6, 6.07) is 7.62. The first-order chi connectivity index (χ1) is 17.0. The van der Waals surface area contributed by atoms with Gasteiger partial charge < -0.3 is 10.2 Å². The second-order valence-electron chi connectivity index (χ2n) is 8.90. The monoisotopic (exact) mass is 581 g/mol. The van der Waals surface area contributed by atoms with Gasteiger partial charge in [0.2, 0.25) is 21.8 Å². The zero-order chi connectivity index (χ0) is 28.1. The Balaban J connectivity index is 2.47. The van der Waals surface area contributed by atoms with Crippen LogP contribution in [0.3, 0.4) is 0 Å². The second-order valence-corrected chi connectivity index (χ2v) is 11.6. The van der Waals surface area contributed by atoms with E-state index >= 15 is 0 Å². The van der Waals surface area contributed by atoms with Gasteiger partial charge in [-0.05, 0) is 48.7 Å². The van der Waals surface area contributed by atoms with E-state index in [0.29, 0.717) is 33.6 Å². The van der Waals surface area contributed by atoms with Crippen molar-refractivity contribution in [3.63, 3.8) is 0 Å². The SMILES string of the molecule is CC(C)CNC(=O)[C@@H](C)N(Cc1ccc(Cl)cc1)C(=O)CN(c1cc(C(F)(F)F)ccc1Cl)S(C)(=O)=O. The van der Waals surface area contributed by atoms with E-state index in [0.717, 1.165) is 17.2 Å². The summed E-state index contributed by atoms with van der Waals surface area (Å²) in [6.45, 7) is 4.65. The van der Waals surface area contributed by atoms with Gasteiger partial charge in [-0.2, -0.15) is 13.2 Å². The number of anilines is 1. The molecule has 2 amide bonds. The fourth-order valence-corrected chi connectivity index (χ4v) is 4.55. The number of carbonyl (C=O) groups is 2. The quantitative estimate of drug-likeness (QED) is 0.429. The van der Waals surface area contributed by atoms with Gasteiger partial charge in [-0.1, -0.05) is 49.2 Å². The van der Waals surface area contributed by atoms with E-state index in [1.807, 2.05) is 13.8 Å². The molecule has 0 fully saturated rings. The Labute approximate surface area is 224 Å². The molecule has 37 heavy (non-hydrogen) atoms. The van der Waals surface area contributed by atoms with Crippen LogP contribution < -0.4 is 9.62 Å². The molecule has 0 aliphatic rings. The summed E-state index contributed by atoms with van der Waals surface area (Å²) in [7, 11) is -4.26. The zero-order valence-electron chi connectivity index (χ0n) is 20.6. The Bertz CT molecular complexity index is 1220. The fraction of sp³-hybridized carbons (Fsp3) is 0.417. The van der Waals surface area contributed by atoms with Crippen molar-refractivity contribution in [2.24, 2.45) is 5.92 Å². The van der Waals surface area contributed by atoms with Crippen molar-refractivity contribution in [1.82, 2.24) is 10.2 Å². The Hall–Kier alpha value is -2.50. The molecule has 0 aliphatic heterocycles. The maximum Gasteiger partial charge on any atom is 0.416 e. The number of hydrogen-bond acceptors (Lipinski definition) is 4. The number of carbonyl (C=O) groups excluding carboxylic acids is 2. The average molecular weight is 582 g/mol. The van der Waals surface area contributed by atoms with E-state index in [2.05, 4.69) is 5.32 Å². The molecule has 0 radical (unpaired) electrons. The summed E-state index contributed by atoms with van der Waals surface area (Å²) in [6.07, 6.45) is -4.02. The van der Waals surface area contributed by atoms with Gasteiger partial charge in [0.15, 0.2) is 0 Å². The minimum atomic E-state index is -4.77. The number of benzene rings is 2. The normalized spacial score (nSPS) is 12.8. The molecule has 204 valence electrons. The second kappa shape index (κ2) is 12.4. The molecule has 0 saturated heterocycles. The fourth-order valence-electron chi connectivity index (χ4n) is 3.30. The van der Waals surface area contributed by atoms with E-state index in [-0.39, 0.29) is 17.5 Å². The first-order valence-corrected chi connectivity index (χ1v) is 13.8. The molecule has 2 rings (SSSR count). The lowest BCUT2D eigenvalue weighted by molar-refractivity contribution is -0.139. The summed E-state index contributed by atoms with van der Waals surface area (Å²) in [5.74, 6) is -1.15. The molecule has 0 aromatic heterocycles. The lowest BCUT2D eigenvalue weighted by atomic mass is 10.1. The zero-order valence-corrected chi connectivity index (χ0v) is 23.0. The van der Waals surface area contributed by atoms with Crippen LogP contribution >= 0.6 is 23.2 Å². The van der Waals surface area contributed by atoms with E-state index in [9.17, 15) is 31.2 Å². The number of halogens is 5. The molecule has 0 saturated carbocycles. The molecule has 0 heterocycles. The van der Waals surface area contributed by atoms with Gasteiger partial charge in [-0.25, -0.2) is 8.42 Å². The minimum absolute atomic E-state index is 0.0831. The largest absolute Gasteiger partial charge is 0.416 e. The molecule has 13 heteroatoms. The highest BCUT2D eigenvalue weighted by Crippen LogP contribution is 2.36. The summed E-state index contributed by atoms with van der Waals surface area (Å²) in [5.41, 5.74) is -1.03. The van der Waals surface area contributed by atoms with Gasteiger partial charge in [0, 0.05) is 18.1 Å². The smallest absolute Gasteiger partial charge is 0.354 e. The van der Waals surface area contributed by atoms with Gasteiger partial charge >= 0.3 is 6.18 Å². The number of amides is 2. The minimum Gasteiger partial charge on any atom is -0.354 e. The van der Waals surface area contributed by atoms with Crippen molar-refractivity contribution in [3.8, 4) is 0 Å². The Morgan fingerprint density at radius 3 is 2.14 bits per heavy atom. The summed E-state index contributed by atoms with van der Waals surface area (Å²) >= 11 is 12.0. The maximum absolute atomic E-state index is 13.5. The highest BCUT2D eigenvalue weighted by Gasteiger charge is 2.34. The van der Waals surface area contributed by atoms with Crippen LogP contribution in [0.5, 0.6) is 0 Å².